The summed E-state index contributed by atoms with van der Waals surface area (Å²) in [6.45, 7) is 5.72. The highest BCUT2D eigenvalue weighted by Crippen LogP contribution is 2.27. The lowest BCUT2D eigenvalue weighted by molar-refractivity contribution is 0.566. The number of anilines is 3. The number of halogens is 1. The molecule has 2 aliphatic rings. The van der Waals surface area contributed by atoms with E-state index in [0.29, 0.717) is 22.8 Å². The van der Waals surface area contributed by atoms with Gasteiger partial charge in [-0.3, -0.25) is 4.99 Å². The molecule has 0 radical (unpaired) electrons. The van der Waals surface area contributed by atoms with E-state index >= 15 is 0 Å². The highest BCUT2D eigenvalue weighted by Gasteiger charge is 2.17. The molecule has 1 fully saturated rings. The Labute approximate surface area is 152 Å². The Bertz CT molecular complexity index is 806. The SMILES string of the molecule is CC1CCN(c2ncc(Cl)c(Nc3ccc4c(c3)C=NC4)n2)CCN1. The van der Waals surface area contributed by atoms with Gasteiger partial charge in [-0.05, 0) is 36.6 Å². The maximum atomic E-state index is 6.31. The van der Waals surface area contributed by atoms with Gasteiger partial charge in [0.25, 0.3) is 0 Å². The number of hydrogen-bond acceptors (Lipinski definition) is 6. The third-order valence-electron chi connectivity index (χ3n) is 4.62. The third-order valence-corrected chi connectivity index (χ3v) is 4.90. The van der Waals surface area contributed by atoms with Gasteiger partial charge in [0.1, 0.15) is 5.02 Å². The lowest BCUT2D eigenvalue weighted by Gasteiger charge is -2.20. The number of aromatic nitrogens is 2. The minimum Gasteiger partial charge on any atom is -0.339 e. The number of fused-ring (bicyclic) bond motifs is 1. The zero-order chi connectivity index (χ0) is 17.2. The van der Waals surface area contributed by atoms with Crippen LogP contribution in [0.25, 0.3) is 0 Å². The Morgan fingerprint density at radius 2 is 2.24 bits per heavy atom. The Morgan fingerprint density at radius 1 is 1.32 bits per heavy atom. The molecule has 4 rings (SSSR count). The second-order valence-electron chi connectivity index (χ2n) is 6.51. The predicted octanol–water partition coefficient (Wildman–Crippen LogP) is 2.99. The lowest BCUT2D eigenvalue weighted by atomic mass is 10.1. The van der Waals surface area contributed by atoms with Crippen LogP contribution in [0.1, 0.15) is 24.5 Å². The molecule has 25 heavy (non-hydrogen) atoms. The Balaban J connectivity index is 1.56. The van der Waals surface area contributed by atoms with Crippen molar-refractivity contribution in [2.45, 2.75) is 25.9 Å². The predicted molar refractivity (Wildman–Crippen MR) is 102 cm³/mol. The standard InChI is InChI=1S/C18H21ClN6/c1-12-4-6-25(7-5-21-12)18-22-11-16(19)17(24-18)23-15-3-2-13-9-20-10-14(13)8-15/h2-3,8,10-12,21H,4-7,9H2,1H3,(H,22,23,24). The number of benzene rings is 1. The van der Waals surface area contributed by atoms with E-state index in [1.54, 1.807) is 6.20 Å². The molecule has 2 aromatic rings. The summed E-state index contributed by atoms with van der Waals surface area (Å²) < 4.78 is 0. The summed E-state index contributed by atoms with van der Waals surface area (Å²) in [6.07, 6.45) is 4.64. The van der Waals surface area contributed by atoms with Crippen molar-refractivity contribution in [3.63, 3.8) is 0 Å². The van der Waals surface area contributed by atoms with E-state index in [-0.39, 0.29) is 0 Å². The van der Waals surface area contributed by atoms with Gasteiger partial charge in [0.2, 0.25) is 5.95 Å². The quantitative estimate of drug-likeness (QED) is 0.885. The van der Waals surface area contributed by atoms with Crippen LogP contribution in [-0.2, 0) is 6.54 Å². The first-order chi connectivity index (χ1) is 12.2. The molecule has 1 saturated heterocycles. The van der Waals surface area contributed by atoms with Crippen LogP contribution in [0, 0.1) is 0 Å². The molecule has 1 unspecified atom stereocenters. The van der Waals surface area contributed by atoms with Gasteiger partial charge in [-0.1, -0.05) is 17.7 Å². The highest BCUT2D eigenvalue weighted by atomic mass is 35.5. The van der Waals surface area contributed by atoms with E-state index in [0.717, 1.165) is 43.9 Å². The molecule has 3 heterocycles. The van der Waals surface area contributed by atoms with Crippen LogP contribution in [0.3, 0.4) is 0 Å². The first-order valence-corrected chi connectivity index (χ1v) is 8.97. The molecule has 2 aliphatic heterocycles. The maximum Gasteiger partial charge on any atom is 0.227 e. The second kappa shape index (κ2) is 6.98. The summed E-state index contributed by atoms with van der Waals surface area (Å²) in [5, 5.41) is 7.31. The molecule has 130 valence electrons. The molecule has 2 N–H and O–H groups in total. The Hall–Kier alpha value is -2.18. The van der Waals surface area contributed by atoms with Gasteiger partial charge in [-0.25, -0.2) is 4.98 Å². The molecule has 0 aliphatic carbocycles. The number of nitrogens with one attached hydrogen (secondary N) is 2. The van der Waals surface area contributed by atoms with Gasteiger partial charge >= 0.3 is 0 Å². The molecule has 0 spiro atoms. The molecule has 1 atom stereocenters. The molecule has 0 saturated carbocycles. The monoisotopic (exact) mass is 356 g/mol. The van der Waals surface area contributed by atoms with Crippen molar-refractivity contribution in [1.82, 2.24) is 15.3 Å². The van der Waals surface area contributed by atoms with Crippen LogP contribution in [0.5, 0.6) is 0 Å². The van der Waals surface area contributed by atoms with Crippen molar-refractivity contribution < 1.29 is 0 Å². The summed E-state index contributed by atoms with van der Waals surface area (Å²) in [7, 11) is 0. The van der Waals surface area contributed by atoms with Crippen molar-refractivity contribution in [1.29, 1.82) is 0 Å². The van der Waals surface area contributed by atoms with Gasteiger partial charge in [-0.2, -0.15) is 4.98 Å². The summed E-state index contributed by atoms with van der Waals surface area (Å²) in [5.74, 6) is 1.34. The molecule has 0 amide bonds. The molecule has 1 aromatic carbocycles. The van der Waals surface area contributed by atoms with Gasteiger partial charge in [0.05, 0.1) is 12.7 Å². The molecule has 0 bridgehead atoms. The van der Waals surface area contributed by atoms with E-state index in [4.69, 9.17) is 11.6 Å². The maximum absolute atomic E-state index is 6.31. The van der Waals surface area contributed by atoms with Crippen LogP contribution in [0.4, 0.5) is 17.5 Å². The van der Waals surface area contributed by atoms with Crippen LogP contribution in [0.2, 0.25) is 5.02 Å². The number of rotatable bonds is 3. The first kappa shape index (κ1) is 16.3. The fourth-order valence-corrected chi connectivity index (χ4v) is 3.26. The Morgan fingerprint density at radius 3 is 3.16 bits per heavy atom. The van der Waals surface area contributed by atoms with E-state index in [1.165, 1.54) is 5.56 Å². The largest absolute Gasteiger partial charge is 0.339 e. The summed E-state index contributed by atoms with van der Waals surface area (Å²) in [4.78, 5) is 15.6. The van der Waals surface area contributed by atoms with Crippen molar-refractivity contribution in [2.75, 3.05) is 29.9 Å². The molecule has 1 aromatic heterocycles. The molecule has 6 nitrogen and oxygen atoms in total. The summed E-state index contributed by atoms with van der Waals surface area (Å²) >= 11 is 6.31. The zero-order valence-electron chi connectivity index (χ0n) is 14.2. The average molecular weight is 357 g/mol. The number of nitrogens with zero attached hydrogens (tertiary/aromatic N) is 4. The zero-order valence-corrected chi connectivity index (χ0v) is 14.9. The van der Waals surface area contributed by atoms with E-state index in [9.17, 15) is 0 Å². The first-order valence-electron chi connectivity index (χ1n) is 8.60. The molecular formula is C18H21ClN6. The van der Waals surface area contributed by atoms with Gasteiger partial charge in [0, 0.05) is 37.6 Å². The smallest absolute Gasteiger partial charge is 0.227 e. The van der Waals surface area contributed by atoms with Crippen LogP contribution in [0.15, 0.2) is 29.4 Å². The van der Waals surface area contributed by atoms with Crippen molar-refractivity contribution in [3.05, 3.63) is 40.5 Å². The fourth-order valence-electron chi connectivity index (χ4n) is 3.12. The van der Waals surface area contributed by atoms with Crippen molar-refractivity contribution in [3.8, 4) is 0 Å². The van der Waals surface area contributed by atoms with Gasteiger partial charge < -0.3 is 15.5 Å². The lowest BCUT2D eigenvalue weighted by Crippen LogP contribution is -2.30. The van der Waals surface area contributed by atoms with Crippen LogP contribution >= 0.6 is 11.6 Å². The van der Waals surface area contributed by atoms with E-state index in [2.05, 4.69) is 49.6 Å². The van der Waals surface area contributed by atoms with Crippen LogP contribution in [-0.4, -0.2) is 41.9 Å². The molecule has 7 heteroatoms. The number of hydrogen-bond donors (Lipinski definition) is 2. The highest BCUT2D eigenvalue weighted by molar-refractivity contribution is 6.32. The fraction of sp³-hybridized carbons (Fsp3) is 0.389. The van der Waals surface area contributed by atoms with Crippen molar-refractivity contribution >= 4 is 35.3 Å². The van der Waals surface area contributed by atoms with Gasteiger partial charge in [-0.15, -0.1) is 0 Å². The number of aliphatic imine (C=N–C) groups is 1. The third kappa shape index (κ3) is 3.60. The molecular weight excluding hydrogens is 336 g/mol. The van der Waals surface area contributed by atoms with E-state index in [1.807, 2.05) is 12.3 Å². The Kier molecular flexibility index (Phi) is 4.55. The van der Waals surface area contributed by atoms with Gasteiger partial charge in [0.15, 0.2) is 5.82 Å². The summed E-state index contributed by atoms with van der Waals surface area (Å²) in [6, 6.07) is 6.70. The normalized spacial score (nSPS) is 19.6. The van der Waals surface area contributed by atoms with E-state index < -0.39 is 0 Å². The summed E-state index contributed by atoms with van der Waals surface area (Å²) in [5.41, 5.74) is 3.33. The average Bonchev–Trinajstić information content (AvgIpc) is 2.97. The topological polar surface area (TPSA) is 65.4 Å². The minimum atomic E-state index is 0.513. The van der Waals surface area contributed by atoms with Crippen molar-refractivity contribution in [2.24, 2.45) is 4.99 Å². The second-order valence-corrected chi connectivity index (χ2v) is 6.91. The van der Waals surface area contributed by atoms with Crippen LogP contribution < -0.4 is 15.5 Å². The minimum absolute atomic E-state index is 0.513.